The van der Waals surface area contributed by atoms with Crippen molar-refractivity contribution in [1.29, 1.82) is 0 Å². The first-order valence-electron chi connectivity index (χ1n) is 4.05. The van der Waals surface area contributed by atoms with Crippen LogP contribution in [0.5, 0.6) is 0 Å². The van der Waals surface area contributed by atoms with Gasteiger partial charge < -0.3 is 10.9 Å². The lowest BCUT2D eigenvalue weighted by Crippen LogP contribution is -2.41. The zero-order valence-electron chi connectivity index (χ0n) is 6.91. The van der Waals surface area contributed by atoms with Crippen LogP contribution >= 0.6 is 0 Å². The molecule has 12 heavy (non-hydrogen) atoms. The minimum Gasteiger partial charge on any atom is -0.409 e. The molecule has 1 rings (SSSR count). The van der Waals surface area contributed by atoms with Crippen LogP contribution in [0.4, 0.5) is 4.39 Å². The van der Waals surface area contributed by atoms with Crippen LogP contribution in [0.1, 0.15) is 12.8 Å². The molecule has 0 aromatic heterocycles. The van der Waals surface area contributed by atoms with Crippen molar-refractivity contribution < 1.29 is 9.60 Å². The predicted octanol–water partition coefficient (Wildman–Crippen LogP) is 0.167. The zero-order chi connectivity index (χ0) is 8.97. The fraction of sp³-hybridized carbons (Fsp3) is 0.857. The SMILES string of the molecule is NC(CN1CCC[C@H](F)C1)=NO. The Morgan fingerprint density at radius 3 is 3.08 bits per heavy atom. The molecule has 1 aliphatic heterocycles. The number of oxime groups is 1. The Kier molecular flexibility index (Phi) is 3.28. The van der Waals surface area contributed by atoms with Crippen LogP contribution in [0.25, 0.3) is 0 Å². The highest BCUT2D eigenvalue weighted by molar-refractivity contribution is 5.81. The third kappa shape index (κ3) is 2.65. The fourth-order valence-corrected chi connectivity index (χ4v) is 1.40. The normalized spacial score (nSPS) is 27.4. The molecule has 0 bridgehead atoms. The Labute approximate surface area is 70.8 Å². The molecule has 3 N–H and O–H groups in total. The average molecular weight is 175 g/mol. The van der Waals surface area contributed by atoms with E-state index in [2.05, 4.69) is 5.16 Å². The molecule has 70 valence electrons. The van der Waals surface area contributed by atoms with E-state index in [0.29, 0.717) is 19.5 Å². The van der Waals surface area contributed by atoms with E-state index in [1.54, 1.807) is 0 Å². The third-order valence-corrected chi connectivity index (χ3v) is 1.96. The van der Waals surface area contributed by atoms with Gasteiger partial charge in [-0.3, -0.25) is 4.90 Å². The van der Waals surface area contributed by atoms with E-state index in [-0.39, 0.29) is 5.84 Å². The molecule has 0 unspecified atom stereocenters. The maximum atomic E-state index is 12.8. The largest absolute Gasteiger partial charge is 0.409 e. The van der Waals surface area contributed by atoms with Crippen LogP contribution in [-0.2, 0) is 0 Å². The van der Waals surface area contributed by atoms with Crippen molar-refractivity contribution in [2.24, 2.45) is 10.9 Å². The van der Waals surface area contributed by atoms with Gasteiger partial charge in [-0.2, -0.15) is 0 Å². The van der Waals surface area contributed by atoms with Crippen LogP contribution in [0.3, 0.4) is 0 Å². The van der Waals surface area contributed by atoms with E-state index in [0.717, 1.165) is 13.0 Å². The zero-order valence-corrected chi connectivity index (χ0v) is 6.91. The standard InChI is InChI=1S/C7H14FN3O/c8-6-2-1-3-11(4-6)5-7(9)10-12/h6,12H,1-5H2,(H2,9,10)/t6-/m0/s1. The van der Waals surface area contributed by atoms with Gasteiger partial charge in [0.1, 0.15) is 6.17 Å². The van der Waals surface area contributed by atoms with Gasteiger partial charge in [-0.05, 0) is 19.4 Å². The van der Waals surface area contributed by atoms with Crippen molar-refractivity contribution in [1.82, 2.24) is 4.90 Å². The minimum atomic E-state index is -0.759. The molecule has 1 heterocycles. The molecule has 0 saturated carbocycles. The molecule has 0 aromatic rings. The van der Waals surface area contributed by atoms with Crippen molar-refractivity contribution in [2.45, 2.75) is 19.0 Å². The van der Waals surface area contributed by atoms with Gasteiger partial charge in [0.25, 0.3) is 0 Å². The van der Waals surface area contributed by atoms with E-state index in [9.17, 15) is 4.39 Å². The van der Waals surface area contributed by atoms with Crippen LogP contribution in [0.2, 0.25) is 0 Å². The summed E-state index contributed by atoms with van der Waals surface area (Å²) >= 11 is 0. The molecule has 1 aliphatic rings. The predicted molar refractivity (Wildman–Crippen MR) is 44.0 cm³/mol. The average Bonchev–Trinajstić information content (AvgIpc) is 2.04. The van der Waals surface area contributed by atoms with Crippen molar-refractivity contribution in [2.75, 3.05) is 19.6 Å². The van der Waals surface area contributed by atoms with Gasteiger partial charge >= 0.3 is 0 Å². The maximum Gasteiger partial charge on any atom is 0.153 e. The quantitative estimate of drug-likeness (QED) is 0.272. The first-order chi connectivity index (χ1) is 5.72. The Morgan fingerprint density at radius 2 is 2.50 bits per heavy atom. The number of likely N-dealkylation sites (tertiary alicyclic amines) is 1. The lowest BCUT2D eigenvalue weighted by molar-refractivity contribution is 0.152. The lowest BCUT2D eigenvalue weighted by Gasteiger charge is -2.27. The maximum absolute atomic E-state index is 12.8. The van der Waals surface area contributed by atoms with Gasteiger partial charge in [0.15, 0.2) is 5.84 Å². The molecule has 1 fully saturated rings. The Balaban J connectivity index is 2.32. The summed E-state index contributed by atoms with van der Waals surface area (Å²) < 4.78 is 12.8. The number of halogens is 1. The number of nitrogens with two attached hydrogens (primary N) is 1. The molecule has 0 aliphatic carbocycles. The second-order valence-electron chi connectivity index (χ2n) is 3.07. The van der Waals surface area contributed by atoms with E-state index < -0.39 is 6.17 Å². The third-order valence-electron chi connectivity index (χ3n) is 1.96. The highest BCUT2D eigenvalue weighted by Crippen LogP contribution is 2.11. The number of alkyl halides is 1. The second-order valence-corrected chi connectivity index (χ2v) is 3.07. The smallest absolute Gasteiger partial charge is 0.153 e. The van der Waals surface area contributed by atoms with Crippen LogP contribution in [0.15, 0.2) is 5.16 Å². The highest BCUT2D eigenvalue weighted by Gasteiger charge is 2.19. The summed E-state index contributed by atoms with van der Waals surface area (Å²) in [5.74, 6) is 0.143. The second kappa shape index (κ2) is 4.25. The van der Waals surface area contributed by atoms with Crippen molar-refractivity contribution in [3.05, 3.63) is 0 Å². The minimum absolute atomic E-state index is 0.143. The van der Waals surface area contributed by atoms with E-state index in [4.69, 9.17) is 10.9 Å². The lowest BCUT2D eigenvalue weighted by atomic mass is 10.1. The topological polar surface area (TPSA) is 61.8 Å². The molecule has 4 nitrogen and oxygen atoms in total. The van der Waals surface area contributed by atoms with Crippen molar-refractivity contribution >= 4 is 5.84 Å². The van der Waals surface area contributed by atoms with E-state index >= 15 is 0 Å². The summed E-state index contributed by atoms with van der Waals surface area (Å²) in [4.78, 5) is 1.85. The van der Waals surface area contributed by atoms with Crippen molar-refractivity contribution in [3.63, 3.8) is 0 Å². The molecule has 0 amide bonds. The van der Waals surface area contributed by atoms with Crippen LogP contribution in [0, 0.1) is 0 Å². The Hall–Kier alpha value is -0.840. The highest BCUT2D eigenvalue weighted by atomic mass is 19.1. The van der Waals surface area contributed by atoms with Gasteiger partial charge in [-0.15, -0.1) is 0 Å². The summed E-state index contributed by atoms with van der Waals surface area (Å²) in [6.45, 7) is 1.59. The first kappa shape index (κ1) is 9.25. The summed E-state index contributed by atoms with van der Waals surface area (Å²) in [5.41, 5.74) is 5.29. The molecule has 0 radical (unpaired) electrons. The van der Waals surface area contributed by atoms with Crippen molar-refractivity contribution in [3.8, 4) is 0 Å². The number of nitrogens with zero attached hydrogens (tertiary/aromatic N) is 2. The number of rotatable bonds is 2. The first-order valence-corrected chi connectivity index (χ1v) is 4.05. The van der Waals surface area contributed by atoms with Crippen LogP contribution < -0.4 is 5.73 Å². The monoisotopic (exact) mass is 175 g/mol. The molecule has 0 spiro atoms. The van der Waals surface area contributed by atoms with E-state index in [1.165, 1.54) is 0 Å². The molecule has 1 saturated heterocycles. The molecule has 0 aromatic carbocycles. The molecular weight excluding hydrogens is 161 g/mol. The van der Waals surface area contributed by atoms with Gasteiger partial charge in [0.05, 0.1) is 6.54 Å². The molecular formula is C7H14FN3O. The summed E-state index contributed by atoms with van der Waals surface area (Å²) in [7, 11) is 0. The van der Waals surface area contributed by atoms with Gasteiger partial charge in [0.2, 0.25) is 0 Å². The van der Waals surface area contributed by atoms with Crippen LogP contribution in [-0.4, -0.2) is 41.7 Å². The number of hydrogen-bond donors (Lipinski definition) is 2. The fourth-order valence-electron chi connectivity index (χ4n) is 1.40. The molecule has 5 heteroatoms. The van der Waals surface area contributed by atoms with E-state index in [1.807, 2.05) is 4.90 Å². The van der Waals surface area contributed by atoms with Gasteiger partial charge in [0, 0.05) is 6.54 Å². The van der Waals surface area contributed by atoms with Gasteiger partial charge in [-0.1, -0.05) is 5.16 Å². The number of amidine groups is 1. The van der Waals surface area contributed by atoms with Gasteiger partial charge in [-0.25, -0.2) is 4.39 Å². The Morgan fingerprint density at radius 1 is 1.75 bits per heavy atom. The Bertz CT molecular complexity index is 174. The summed E-state index contributed by atoms with van der Waals surface area (Å²) in [5, 5.41) is 11.1. The number of hydrogen-bond acceptors (Lipinski definition) is 3. The molecule has 1 atom stereocenters. The summed E-state index contributed by atoms with van der Waals surface area (Å²) in [6.07, 6.45) is 0.720. The number of piperidine rings is 1. The summed E-state index contributed by atoms with van der Waals surface area (Å²) in [6, 6.07) is 0.